The molecule has 1 saturated heterocycles. The molecule has 1 heterocycles. The fourth-order valence-electron chi connectivity index (χ4n) is 3.44. The van der Waals surface area contributed by atoms with Crippen LogP contribution in [-0.4, -0.2) is 54.4 Å². The van der Waals surface area contributed by atoms with Gasteiger partial charge >= 0.3 is 6.18 Å². The number of carbonyl (C=O) groups excluding carboxylic acids is 2. The number of hydrogen-bond donors (Lipinski definition) is 0. The summed E-state index contributed by atoms with van der Waals surface area (Å²) in [7, 11) is 0. The molecule has 2 aromatic rings. The van der Waals surface area contributed by atoms with Crippen molar-refractivity contribution >= 4 is 11.8 Å². The van der Waals surface area contributed by atoms with E-state index in [0.717, 1.165) is 17.2 Å². The molecule has 5 nitrogen and oxygen atoms in total. The van der Waals surface area contributed by atoms with E-state index in [1.54, 1.807) is 4.90 Å². The van der Waals surface area contributed by atoms with E-state index in [1.165, 1.54) is 23.1 Å². The number of nitrogens with zero attached hydrogens (tertiary/aromatic N) is 2. The van der Waals surface area contributed by atoms with Crippen LogP contribution in [0.2, 0.25) is 0 Å². The van der Waals surface area contributed by atoms with Crippen molar-refractivity contribution in [2.24, 2.45) is 0 Å². The predicted octanol–water partition coefficient (Wildman–Crippen LogP) is 3.69. The number of piperazine rings is 1. The van der Waals surface area contributed by atoms with Gasteiger partial charge in [-0.3, -0.25) is 9.59 Å². The fraction of sp³-hybridized carbons (Fsp3) is 0.364. The Kier molecular flexibility index (Phi) is 6.34. The van der Waals surface area contributed by atoms with Crippen molar-refractivity contribution in [3.8, 4) is 5.75 Å². The molecule has 0 aliphatic carbocycles. The summed E-state index contributed by atoms with van der Waals surface area (Å²) in [4.78, 5) is 28.0. The smallest absolute Gasteiger partial charge is 0.417 e. The average Bonchev–Trinajstić information content (AvgIpc) is 2.72. The summed E-state index contributed by atoms with van der Waals surface area (Å²) < 4.78 is 45.2. The zero-order valence-corrected chi connectivity index (χ0v) is 16.8. The Morgan fingerprint density at radius 2 is 1.60 bits per heavy atom. The standard InChI is InChI=1S/C22H23F3N2O3/c1-15-7-8-19(16(2)13-15)30-14-20(28)26-9-11-27(12-10-26)21(29)17-5-3-4-6-18(17)22(23,24)25/h3-8,13H,9-12,14H2,1-2H3. The maximum atomic E-state index is 13.2. The molecule has 2 aromatic carbocycles. The highest BCUT2D eigenvalue weighted by Gasteiger charge is 2.36. The van der Waals surface area contributed by atoms with Crippen LogP contribution < -0.4 is 4.74 Å². The van der Waals surface area contributed by atoms with Crippen molar-refractivity contribution in [1.29, 1.82) is 0 Å². The molecule has 0 aromatic heterocycles. The third kappa shape index (κ3) is 4.93. The highest BCUT2D eigenvalue weighted by molar-refractivity contribution is 5.96. The van der Waals surface area contributed by atoms with E-state index < -0.39 is 17.6 Å². The van der Waals surface area contributed by atoms with Gasteiger partial charge in [0, 0.05) is 26.2 Å². The van der Waals surface area contributed by atoms with E-state index >= 15 is 0 Å². The Bertz CT molecular complexity index is 935. The summed E-state index contributed by atoms with van der Waals surface area (Å²) in [5.41, 5.74) is 0.707. The van der Waals surface area contributed by atoms with Gasteiger partial charge in [-0.1, -0.05) is 29.8 Å². The van der Waals surface area contributed by atoms with E-state index in [4.69, 9.17) is 4.74 Å². The predicted molar refractivity (Wildman–Crippen MR) is 105 cm³/mol. The largest absolute Gasteiger partial charge is 0.484 e. The molecule has 1 aliphatic rings. The third-order valence-corrected chi connectivity index (χ3v) is 5.06. The zero-order chi connectivity index (χ0) is 21.9. The molecule has 30 heavy (non-hydrogen) atoms. The minimum atomic E-state index is -4.60. The minimum absolute atomic E-state index is 0.130. The second kappa shape index (κ2) is 8.77. The lowest BCUT2D eigenvalue weighted by Crippen LogP contribution is -2.51. The zero-order valence-electron chi connectivity index (χ0n) is 16.8. The van der Waals surface area contributed by atoms with Crippen LogP contribution in [0.25, 0.3) is 0 Å². The molecule has 0 bridgehead atoms. The lowest BCUT2D eigenvalue weighted by Gasteiger charge is -2.35. The van der Waals surface area contributed by atoms with Crippen LogP contribution in [0.3, 0.4) is 0 Å². The van der Waals surface area contributed by atoms with Gasteiger partial charge in [0.15, 0.2) is 6.61 Å². The fourth-order valence-corrected chi connectivity index (χ4v) is 3.44. The summed E-state index contributed by atoms with van der Waals surface area (Å²) >= 11 is 0. The Balaban J connectivity index is 1.57. The summed E-state index contributed by atoms with van der Waals surface area (Å²) in [6, 6.07) is 10.4. The first-order valence-electron chi connectivity index (χ1n) is 9.60. The molecule has 1 fully saturated rings. The van der Waals surface area contributed by atoms with Crippen LogP contribution in [0.1, 0.15) is 27.0 Å². The van der Waals surface area contributed by atoms with Gasteiger partial charge in [0.05, 0.1) is 11.1 Å². The lowest BCUT2D eigenvalue weighted by molar-refractivity contribution is -0.138. The number of amides is 2. The molecule has 0 saturated carbocycles. The van der Waals surface area contributed by atoms with Crippen molar-refractivity contribution < 1.29 is 27.5 Å². The maximum Gasteiger partial charge on any atom is 0.417 e. The summed E-state index contributed by atoms with van der Waals surface area (Å²) in [6.07, 6.45) is -4.60. The Labute approximate surface area is 173 Å². The van der Waals surface area contributed by atoms with Crippen molar-refractivity contribution in [2.75, 3.05) is 32.8 Å². The number of halogens is 3. The highest BCUT2D eigenvalue weighted by Crippen LogP contribution is 2.32. The normalized spacial score (nSPS) is 14.6. The number of carbonyl (C=O) groups is 2. The van der Waals surface area contributed by atoms with Gasteiger partial charge in [-0.25, -0.2) is 0 Å². The lowest BCUT2D eigenvalue weighted by atomic mass is 10.1. The van der Waals surface area contributed by atoms with Crippen molar-refractivity contribution in [1.82, 2.24) is 9.80 Å². The first kappa shape index (κ1) is 21.7. The topological polar surface area (TPSA) is 49.9 Å². The number of alkyl halides is 3. The molecule has 0 radical (unpaired) electrons. The van der Waals surface area contributed by atoms with Gasteiger partial charge in [-0.15, -0.1) is 0 Å². The van der Waals surface area contributed by atoms with E-state index in [1.807, 2.05) is 32.0 Å². The molecular weight excluding hydrogens is 397 g/mol. The Morgan fingerprint density at radius 1 is 0.967 bits per heavy atom. The van der Waals surface area contributed by atoms with Gasteiger partial charge in [0.2, 0.25) is 0 Å². The van der Waals surface area contributed by atoms with E-state index in [2.05, 4.69) is 0 Å². The van der Waals surface area contributed by atoms with E-state index in [-0.39, 0.29) is 44.3 Å². The molecule has 0 N–H and O–H groups in total. The van der Waals surface area contributed by atoms with Gasteiger partial charge < -0.3 is 14.5 Å². The number of ether oxygens (including phenoxy) is 1. The van der Waals surface area contributed by atoms with Crippen molar-refractivity contribution in [3.63, 3.8) is 0 Å². The highest BCUT2D eigenvalue weighted by atomic mass is 19.4. The molecule has 1 aliphatic heterocycles. The molecule has 0 unspecified atom stereocenters. The van der Waals surface area contributed by atoms with Gasteiger partial charge in [-0.05, 0) is 37.6 Å². The second-order valence-electron chi connectivity index (χ2n) is 7.27. The molecule has 8 heteroatoms. The molecule has 160 valence electrons. The summed E-state index contributed by atoms with van der Waals surface area (Å²) in [6.45, 7) is 4.56. The number of rotatable bonds is 4. The van der Waals surface area contributed by atoms with Crippen LogP contribution in [0.15, 0.2) is 42.5 Å². The number of hydrogen-bond acceptors (Lipinski definition) is 3. The first-order valence-corrected chi connectivity index (χ1v) is 9.60. The molecule has 0 atom stereocenters. The van der Waals surface area contributed by atoms with Gasteiger partial charge in [-0.2, -0.15) is 13.2 Å². The van der Waals surface area contributed by atoms with Crippen LogP contribution in [-0.2, 0) is 11.0 Å². The second-order valence-corrected chi connectivity index (χ2v) is 7.27. The Morgan fingerprint density at radius 3 is 2.23 bits per heavy atom. The van der Waals surface area contributed by atoms with E-state index in [0.29, 0.717) is 5.75 Å². The van der Waals surface area contributed by atoms with Crippen LogP contribution in [0, 0.1) is 13.8 Å². The van der Waals surface area contributed by atoms with E-state index in [9.17, 15) is 22.8 Å². The molecule has 0 spiro atoms. The van der Waals surface area contributed by atoms with Gasteiger partial charge in [0.25, 0.3) is 11.8 Å². The van der Waals surface area contributed by atoms with Crippen molar-refractivity contribution in [2.45, 2.75) is 20.0 Å². The summed E-state index contributed by atoms with van der Waals surface area (Å²) in [5, 5.41) is 0. The van der Waals surface area contributed by atoms with Crippen LogP contribution in [0.5, 0.6) is 5.75 Å². The Hall–Kier alpha value is -3.03. The van der Waals surface area contributed by atoms with Crippen LogP contribution in [0.4, 0.5) is 13.2 Å². The number of aryl methyl sites for hydroxylation is 2. The summed E-state index contributed by atoms with van der Waals surface area (Å²) in [5.74, 6) is -0.272. The maximum absolute atomic E-state index is 13.2. The average molecular weight is 420 g/mol. The van der Waals surface area contributed by atoms with Gasteiger partial charge in [0.1, 0.15) is 5.75 Å². The first-order chi connectivity index (χ1) is 14.2. The van der Waals surface area contributed by atoms with Crippen molar-refractivity contribution in [3.05, 3.63) is 64.7 Å². The number of benzene rings is 2. The van der Waals surface area contributed by atoms with Crippen LogP contribution >= 0.6 is 0 Å². The minimum Gasteiger partial charge on any atom is -0.484 e. The monoisotopic (exact) mass is 420 g/mol. The molecule has 3 rings (SSSR count). The quantitative estimate of drug-likeness (QED) is 0.758. The molecular formula is C22H23F3N2O3. The molecule has 2 amide bonds. The third-order valence-electron chi connectivity index (χ3n) is 5.06. The SMILES string of the molecule is Cc1ccc(OCC(=O)N2CCN(C(=O)c3ccccc3C(F)(F)F)CC2)c(C)c1.